The molecule has 2 nitrogen and oxygen atoms in total. The van der Waals surface area contributed by atoms with Gasteiger partial charge in [-0.25, -0.2) is 0 Å². The second-order valence-corrected chi connectivity index (χ2v) is 7.07. The lowest BCUT2D eigenvalue weighted by Crippen LogP contribution is -2.50. The molecule has 0 aromatic rings. The van der Waals surface area contributed by atoms with E-state index in [1.807, 2.05) is 6.08 Å². The zero-order chi connectivity index (χ0) is 14.5. The van der Waals surface area contributed by atoms with Crippen molar-refractivity contribution in [3.8, 4) is 12.3 Å². The Morgan fingerprint density at radius 1 is 1.25 bits per heavy atom. The summed E-state index contributed by atoms with van der Waals surface area (Å²) in [6, 6.07) is 0. The summed E-state index contributed by atoms with van der Waals surface area (Å²) in [4.78, 5) is 24.0. The molecule has 0 saturated heterocycles. The Hall–Kier alpha value is -1.36. The van der Waals surface area contributed by atoms with E-state index in [0.717, 1.165) is 25.7 Å². The summed E-state index contributed by atoms with van der Waals surface area (Å²) in [6.07, 6.45) is 12.5. The molecule has 0 aromatic carbocycles. The molecule has 0 radical (unpaired) electrons. The molecule has 20 heavy (non-hydrogen) atoms. The number of fused-ring (bicyclic) bond motifs is 3. The third kappa shape index (κ3) is 1.65. The molecule has 3 aliphatic rings. The molecule has 0 heterocycles. The second-order valence-electron chi connectivity index (χ2n) is 7.07. The number of rotatable bonds is 0. The van der Waals surface area contributed by atoms with Crippen LogP contribution in [-0.4, -0.2) is 11.6 Å². The van der Waals surface area contributed by atoms with Crippen molar-refractivity contribution in [1.29, 1.82) is 0 Å². The lowest BCUT2D eigenvalue weighted by Gasteiger charge is -2.56. The number of allylic oxidation sites excluding steroid dienone is 2. The molecule has 0 aliphatic heterocycles. The highest BCUT2D eigenvalue weighted by Gasteiger charge is 2.56. The molecule has 2 heteroatoms. The Labute approximate surface area is 121 Å². The van der Waals surface area contributed by atoms with Gasteiger partial charge in [-0.05, 0) is 48.7 Å². The third-order valence-corrected chi connectivity index (χ3v) is 6.21. The van der Waals surface area contributed by atoms with Crippen LogP contribution in [0.1, 0.15) is 52.4 Å². The fourth-order valence-corrected chi connectivity index (χ4v) is 4.91. The molecule has 4 atom stereocenters. The molecule has 3 rings (SSSR count). The van der Waals surface area contributed by atoms with Gasteiger partial charge in [-0.1, -0.05) is 19.8 Å². The highest BCUT2D eigenvalue weighted by atomic mass is 16.1. The van der Waals surface area contributed by atoms with E-state index < -0.39 is 0 Å². The van der Waals surface area contributed by atoms with Crippen molar-refractivity contribution < 1.29 is 9.59 Å². The SMILES string of the molecule is C#CC12CCC(=O)C=C1C1(C)CCC(=O)C(C)[C@@H]1CC2. The maximum Gasteiger partial charge on any atom is 0.155 e. The van der Waals surface area contributed by atoms with Crippen LogP contribution < -0.4 is 0 Å². The zero-order valence-corrected chi connectivity index (χ0v) is 12.4. The van der Waals surface area contributed by atoms with Crippen molar-refractivity contribution in [2.24, 2.45) is 22.7 Å². The lowest BCUT2D eigenvalue weighted by atomic mass is 9.47. The van der Waals surface area contributed by atoms with Crippen molar-refractivity contribution in [3.05, 3.63) is 11.6 Å². The summed E-state index contributed by atoms with van der Waals surface area (Å²) in [5, 5.41) is 0. The van der Waals surface area contributed by atoms with E-state index in [1.54, 1.807) is 0 Å². The molecule has 0 amide bonds. The third-order valence-electron chi connectivity index (χ3n) is 6.21. The van der Waals surface area contributed by atoms with E-state index in [2.05, 4.69) is 19.8 Å². The zero-order valence-electron chi connectivity index (χ0n) is 12.4. The quantitative estimate of drug-likeness (QED) is 0.633. The molecule has 0 spiro atoms. The topological polar surface area (TPSA) is 34.1 Å². The number of carbonyl (C=O) groups is 2. The fraction of sp³-hybridized carbons (Fsp3) is 0.667. The largest absolute Gasteiger partial charge is 0.299 e. The number of hydrogen-bond donors (Lipinski definition) is 0. The monoisotopic (exact) mass is 270 g/mol. The number of carbonyl (C=O) groups excluding carboxylic acids is 2. The van der Waals surface area contributed by atoms with E-state index in [9.17, 15) is 9.59 Å². The number of hydrogen-bond acceptors (Lipinski definition) is 2. The number of terminal acetylenes is 1. The summed E-state index contributed by atoms with van der Waals surface area (Å²) in [5.41, 5.74) is 0.882. The number of ketones is 2. The normalized spacial score (nSPS) is 44.1. The van der Waals surface area contributed by atoms with Gasteiger partial charge in [0.2, 0.25) is 0 Å². The van der Waals surface area contributed by atoms with Gasteiger partial charge in [-0.3, -0.25) is 9.59 Å². The van der Waals surface area contributed by atoms with E-state index in [0.29, 0.717) is 24.5 Å². The molecule has 106 valence electrons. The Morgan fingerprint density at radius 2 is 2.00 bits per heavy atom. The molecular formula is C18H22O2. The molecular weight excluding hydrogens is 248 g/mol. The van der Waals surface area contributed by atoms with Gasteiger partial charge >= 0.3 is 0 Å². The lowest BCUT2D eigenvalue weighted by molar-refractivity contribution is -0.131. The van der Waals surface area contributed by atoms with Gasteiger partial charge < -0.3 is 0 Å². The van der Waals surface area contributed by atoms with Crippen LogP contribution in [0.25, 0.3) is 0 Å². The smallest absolute Gasteiger partial charge is 0.155 e. The Balaban J connectivity index is 2.11. The summed E-state index contributed by atoms with van der Waals surface area (Å²) in [7, 11) is 0. The molecule has 0 N–H and O–H groups in total. The van der Waals surface area contributed by atoms with Gasteiger partial charge in [-0.2, -0.15) is 0 Å². The average molecular weight is 270 g/mol. The molecule has 0 bridgehead atoms. The van der Waals surface area contributed by atoms with Gasteiger partial charge in [0.1, 0.15) is 5.78 Å². The van der Waals surface area contributed by atoms with E-state index in [-0.39, 0.29) is 22.5 Å². The Bertz CT molecular complexity index is 550. The van der Waals surface area contributed by atoms with Crippen LogP contribution in [0.2, 0.25) is 0 Å². The summed E-state index contributed by atoms with van der Waals surface area (Å²) in [6.45, 7) is 4.29. The van der Waals surface area contributed by atoms with Crippen molar-refractivity contribution in [2.45, 2.75) is 52.4 Å². The molecule has 2 fully saturated rings. The van der Waals surface area contributed by atoms with Crippen LogP contribution in [0.15, 0.2) is 11.6 Å². The van der Waals surface area contributed by atoms with Crippen molar-refractivity contribution in [2.75, 3.05) is 0 Å². The van der Waals surface area contributed by atoms with Gasteiger partial charge in [0.15, 0.2) is 5.78 Å². The van der Waals surface area contributed by atoms with Gasteiger partial charge in [-0.15, -0.1) is 6.42 Å². The van der Waals surface area contributed by atoms with Crippen molar-refractivity contribution in [3.63, 3.8) is 0 Å². The first kappa shape index (κ1) is 13.6. The van der Waals surface area contributed by atoms with Gasteiger partial charge in [0.25, 0.3) is 0 Å². The van der Waals surface area contributed by atoms with Gasteiger partial charge in [0, 0.05) is 18.8 Å². The minimum atomic E-state index is -0.223. The first-order valence-corrected chi connectivity index (χ1v) is 7.69. The Kier molecular flexibility index (Phi) is 2.94. The van der Waals surface area contributed by atoms with Gasteiger partial charge in [0.05, 0.1) is 5.41 Å². The maximum absolute atomic E-state index is 12.0. The summed E-state index contributed by atoms with van der Waals surface area (Å²) in [5.74, 6) is 4.05. The second kappa shape index (κ2) is 4.32. The molecule has 3 aliphatic carbocycles. The Morgan fingerprint density at radius 3 is 2.70 bits per heavy atom. The highest BCUT2D eigenvalue weighted by Crippen LogP contribution is 2.62. The molecule has 2 saturated carbocycles. The van der Waals surface area contributed by atoms with Crippen molar-refractivity contribution >= 4 is 11.6 Å². The first-order chi connectivity index (χ1) is 9.43. The first-order valence-electron chi connectivity index (χ1n) is 7.69. The highest BCUT2D eigenvalue weighted by molar-refractivity contribution is 5.92. The predicted molar refractivity (Wildman–Crippen MR) is 77.8 cm³/mol. The average Bonchev–Trinajstić information content (AvgIpc) is 2.44. The van der Waals surface area contributed by atoms with Crippen LogP contribution in [0.4, 0.5) is 0 Å². The van der Waals surface area contributed by atoms with Crippen LogP contribution in [-0.2, 0) is 9.59 Å². The van der Waals surface area contributed by atoms with Crippen LogP contribution in [0.3, 0.4) is 0 Å². The van der Waals surface area contributed by atoms with E-state index >= 15 is 0 Å². The van der Waals surface area contributed by atoms with Crippen molar-refractivity contribution in [1.82, 2.24) is 0 Å². The van der Waals surface area contributed by atoms with Crippen LogP contribution in [0.5, 0.6) is 0 Å². The van der Waals surface area contributed by atoms with Crippen LogP contribution in [0, 0.1) is 35.0 Å². The fourth-order valence-electron chi connectivity index (χ4n) is 4.91. The summed E-state index contributed by atoms with van der Waals surface area (Å²) < 4.78 is 0. The summed E-state index contributed by atoms with van der Waals surface area (Å²) >= 11 is 0. The number of Topliss-reactive ketones (excluding diaryl/α,β-unsaturated/α-hetero) is 1. The molecule has 0 aromatic heterocycles. The van der Waals surface area contributed by atoms with E-state index in [1.165, 1.54) is 5.57 Å². The minimum Gasteiger partial charge on any atom is -0.299 e. The minimum absolute atomic E-state index is 0.0615. The maximum atomic E-state index is 12.0. The van der Waals surface area contributed by atoms with Crippen LogP contribution >= 0.6 is 0 Å². The predicted octanol–water partition coefficient (Wildman–Crippen LogP) is 3.31. The molecule has 3 unspecified atom stereocenters. The standard InChI is InChI=1S/C18H22O2/c1-4-18-9-5-13(19)11-16(18)17(3)8-7-15(20)12(2)14(17)6-10-18/h1,11-12,14H,5-10H2,2-3H3/t12?,14-,17?,18?/m0/s1. The van der Waals surface area contributed by atoms with E-state index in [4.69, 9.17) is 6.42 Å².